The molecule has 0 unspecified atom stereocenters. The van der Waals surface area contributed by atoms with Crippen molar-refractivity contribution in [1.29, 1.82) is 0 Å². The third-order valence-electron chi connectivity index (χ3n) is 2.86. The third-order valence-corrected chi connectivity index (χ3v) is 8.94. The zero-order valence-electron chi connectivity index (χ0n) is 9.93. The first-order chi connectivity index (χ1) is 5.59. The van der Waals surface area contributed by atoms with Crippen LogP contribution < -0.4 is 0 Å². The highest BCUT2D eigenvalue weighted by Crippen LogP contribution is 2.39. The molecule has 13 heavy (non-hydrogen) atoms. The van der Waals surface area contributed by atoms with Gasteiger partial charge in [-0.1, -0.05) is 33.9 Å². The summed E-state index contributed by atoms with van der Waals surface area (Å²) < 4.78 is 0. The Labute approximate surface area is 86.6 Å². The van der Waals surface area contributed by atoms with Gasteiger partial charge in [0, 0.05) is 10.9 Å². The SMILES string of the molecule is C[S+](C)/C=C(\O)[Si](C)(C)C(C)(C)C. The second-order valence-corrected chi connectivity index (χ2v) is 12.5. The normalized spacial score (nSPS) is 15.2. The predicted molar refractivity (Wildman–Crippen MR) is 67.1 cm³/mol. The lowest BCUT2D eigenvalue weighted by molar-refractivity contribution is 0.438. The molecule has 78 valence electrons. The van der Waals surface area contributed by atoms with Crippen LogP contribution >= 0.6 is 0 Å². The van der Waals surface area contributed by atoms with Gasteiger partial charge in [-0.05, 0) is 5.04 Å². The van der Waals surface area contributed by atoms with Gasteiger partial charge in [0.15, 0.2) is 5.41 Å². The van der Waals surface area contributed by atoms with E-state index in [1.807, 2.05) is 5.41 Å². The molecule has 0 bridgehead atoms. The lowest BCUT2D eigenvalue weighted by atomic mass is 10.2. The molecule has 0 fully saturated rings. The van der Waals surface area contributed by atoms with Gasteiger partial charge < -0.3 is 5.11 Å². The van der Waals surface area contributed by atoms with Crippen LogP contribution in [0.4, 0.5) is 0 Å². The summed E-state index contributed by atoms with van der Waals surface area (Å²) in [5, 5.41) is 12.9. The van der Waals surface area contributed by atoms with Gasteiger partial charge in [-0.3, -0.25) is 0 Å². The molecule has 0 heterocycles. The minimum Gasteiger partial charge on any atom is -0.513 e. The quantitative estimate of drug-likeness (QED) is 0.429. The Morgan fingerprint density at radius 3 is 1.85 bits per heavy atom. The Hall–Kier alpha value is 0.107. The Balaban J connectivity index is 4.85. The molecule has 0 saturated heterocycles. The molecular formula is C10H23OSSi+. The van der Waals surface area contributed by atoms with E-state index in [-0.39, 0.29) is 15.9 Å². The van der Waals surface area contributed by atoms with Gasteiger partial charge in [0.1, 0.15) is 26.0 Å². The number of aliphatic hydroxyl groups is 1. The molecule has 0 aliphatic rings. The van der Waals surface area contributed by atoms with Gasteiger partial charge in [0.2, 0.25) is 0 Å². The maximum atomic E-state index is 10.0. The number of rotatable bonds is 2. The van der Waals surface area contributed by atoms with Crippen molar-refractivity contribution in [3.63, 3.8) is 0 Å². The molecule has 0 aromatic carbocycles. The van der Waals surface area contributed by atoms with Crippen molar-refractivity contribution in [3.8, 4) is 0 Å². The average molecular weight is 219 g/mol. The Kier molecular flexibility index (Phi) is 4.12. The molecule has 0 rings (SSSR count). The fraction of sp³-hybridized carbons (Fsp3) is 0.800. The smallest absolute Gasteiger partial charge is 0.150 e. The molecule has 0 aromatic heterocycles. The summed E-state index contributed by atoms with van der Waals surface area (Å²) >= 11 is 0. The lowest BCUT2D eigenvalue weighted by Crippen LogP contribution is -2.40. The first-order valence-corrected chi connectivity index (χ1v) is 9.67. The molecule has 0 atom stereocenters. The van der Waals surface area contributed by atoms with Crippen LogP contribution in [-0.4, -0.2) is 25.7 Å². The van der Waals surface area contributed by atoms with Crippen LogP contribution in [0.25, 0.3) is 0 Å². The van der Waals surface area contributed by atoms with Crippen LogP contribution in [0, 0.1) is 0 Å². The van der Waals surface area contributed by atoms with Crippen LogP contribution in [-0.2, 0) is 10.9 Å². The molecule has 3 heteroatoms. The van der Waals surface area contributed by atoms with Crippen molar-refractivity contribution in [2.75, 3.05) is 12.5 Å². The van der Waals surface area contributed by atoms with Crippen LogP contribution in [0.5, 0.6) is 0 Å². The first kappa shape index (κ1) is 13.1. The summed E-state index contributed by atoms with van der Waals surface area (Å²) in [6.45, 7) is 11.1. The van der Waals surface area contributed by atoms with Gasteiger partial charge in [0.25, 0.3) is 0 Å². The van der Waals surface area contributed by atoms with Gasteiger partial charge in [-0.25, -0.2) is 0 Å². The van der Waals surface area contributed by atoms with E-state index < -0.39 is 8.07 Å². The van der Waals surface area contributed by atoms with Crippen LogP contribution in [0.1, 0.15) is 20.8 Å². The monoisotopic (exact) mass is 219 g/mol. The van der Waals surface area contributed by atoms with E-state index in [1.165, 1.54) is 0 Å². The summed E-state index contributed by atoms with van der Waals surface area (Å²) in [7, 11) is -1.45. The lowest BCUT2D eigenvalue weighted by Gasteiger charge is -2.35. The molecule has 0 radical (unpaired) electrons. The number of hydrogen-bond donors (Lipinski definition) is 1. The molecule has 0 amide bonds. The van der Waals surface area contributed by atoms with E-state index >= 15 is 0 Å². The summed E-state index contributed by atoms with van der Waals surface area (Å²) in [5.41, 5.74) is 0. The van der Waals surface area contributed by atoms with Gasteiger partial charge in [-0.2, -0.15) is 0 Å². The largest absolute Gasteiger partial charge is 0.513 e. The zero-order chi connectivity index (χ0) is 10.9. The van der Waals surface area contributed by atoms with E-state index in [1.54, 1.807) is 0 Å². The van der Waals surface area contributed by atoms with Crippen molar-refractivity contribution >= 4 is 19.0 Å². The van der Waals surface area contributed by atoms with Crippen LogP contribution in [0.3, 0.4) is 0 Å². The highest BCUT2D eigenvalue weighted by molar-refractivity contribution is 7.98. The van der Waals surface area contributed by atoms with Crippen LogP contribution in [0.15, 0.2) is 10.8 Å². The van der Waals surface area contributed by atoms with Crippen molar-refractivity contribution in [2.24, 2.45) is 0 Å². The zero-order valence-corrected chi connectivity index (χ0v) is 11.7. The standard InChI is InChI=1S/C10H22OSSi/c1-10(2,3)13(6,7)9(11)8-12(4)5/h8H,1-7H3/p+1/b9-8+. The maximum absolute atomic E-state index is 10.0. The maximum Gasteiger partial charge on any atom is 0.150 e. The Bertz CT molecular complexity index is 201. The molecule has 0 aromatic rings. The van der Waals surface area contributed by atoms with Crippen molar-refractivity contribution in [3.05, 3.63) is 10.8 Å². The van der Waals surface area contributed by atoms with Crippen molar-refractivity contribution < 1.29 is 5.11 Å². The molecule has 0 spiro atoms. The van der Waals surface area contributed by atoms with E-state index in [0.29, 0.717) is 5.38 Å². The van der Waals surface area contributed by atoms with Gasteiger partial charge >= 0.3 is 0 Å². The van der Waals surface area contributed by atoms with Crippen molar-refractivity contribution in [2.45, 2.75) is 38.9 Å². The highest BCUT2D eigenvalue weighted by Gasteiger charge is 2.40. The predicted octanol–water partition coefficient (Wildman–Crippen LogP) is 3.31. The average Bonchev–Trinajstić information content (AvgIpc) is 1.82. The minimum atomic E-state index is -1.65. The van der Waals surface area contributed by atoms with Gasteiger partial charge in [0.05, 0.1) is 0 Å². The fourth-order valence-corrected chi connectivity index (χ4v) is 3.86. The minimum absolute atomic E-state index is 0.196. The molecule has 0 aliphatic carbocycles. The number of aliphatic hydroxyl groups excluding tert-OH is 1. The topological polar surface area (TPSA) is 20.2 Å². The van der Waals surface area contributed by atoms with E-state index in [9.17, 15) is 5.11 Å². The van der Waals surface area contributed by atoms with E-state index in [0.717, 1.165) is 0 Å². The van der Waals surface area contributed by atoms with Gasteiger partial charge in [-0.15, -0.1) is 0 Å². The summed E-state index contributed by atoms with van der Waals surface area (Å²) in [4.78, 5) is 0. The second-order valence-electron chi connectivity index (χ2n) is 5.26. The first-order valence-electron chi connectivity index (χ1n) is 4.56. The molecule has 0 aliphatic heterocycles. The van der Waals surface area contributed by atoms with E-state index in [4.69, 9.17) is 0 Å². The molecule has 1 nitrogen and oxygen atoms in total. The highest BCUT2D eigenvalue weighted by atomic mass is 32.2. The fourth-order valence-electron chi connectivity index (χ4n) is 0.755. The van der Waals surface area contributed by atoms with Crippen LogP contribution in [0.2, 0.25) is 18.1 Å². The summed E-state index contributed by atoms with van der Waals surface area (Å²) in [6.07, 6.45) is 4.26. The Morgan fingerprint density at radius 1 is 1.23 bits per heavy atom. The summed E-state index contributed by atoms with van der Waals surface area (Å²) in [5.74, 6) is 0. The third kappa shape index (κ3) is 3.39. The van der Waals surface area contributed by atoms with Crippen molar-refractivity contribution in [1.82, 2.24) is 0 Å². The second kappa shape index (κ2) is 4.09. The molecule has 1 N–H and O–H groups in total. The van der Waals surface area contributed by atoms with E-state index in [2.05, 4.69) is 46.4 Å². The molecular weight excluding hydrogens is 196 g/mol. The molecule has 0 saturated carbocycles. The summed E-state index contributed by atoms with van der Waals surface area (Å²) in [6, 6.07) is 0. The number of hydrogen-bond acceptors (Lipinski definition) is 1. The Morgan fingerprint density at radius 2 is 1.62 bits per heavy atom.